The van der Waals surface area contributed by atoms with Gasteiger partial charge in [-0.1, -0.05) is 44.5 Å². The zero-order valence-corrected chi connectivity index (χ0v) is 25.3. The molecule has 2 aliphatic rings. The van der Waals surface area contributed by atoms with Crippen LogP contribution in [-0.2, 0) is 26.5 Å². The fourth-order valence-corrected chi connectivity index (χ4v) is 5.43. The standard InChI is InChI=1S/C34H23BN2O4.Pt/c1-34(2,3)21-17-29-32-30(18-21)40-27-14-12-22(38-31-10-6-7-15-36-31)19-24(27)35(32)23-16-20(11-13-26(23)39-29)33-37-25-8-4-5-9-28(25)41-33;/h4-15,17-18H,1-3H3;/q-2;+2. The monoisotopic (exact) mass is 729 g/mol. The summed E-state index contributed by atoms with van der Waals surface area (Å²) >= 11 is 0. The zero-order valence-electron chi connectivity index (χ0n) is 23.0. The average Bonchev–Trinajstić information content (AvgIpc) is 3.41. The first-order valence-electron chi connectivity index (χ1n) is 13.5. The third kappa shape index (κ3) is 4.40. The van der Waals surface area contributed by atoms with Crippen molar-refractivity contribution in [1.82, 2.24) is 9.97 Å². The third-order valence-corrected chi connectivity index (χ3v) is 7.50. The van der Waals surface area contributed by atoms with E-state index in [9.17, 15) is 0 Å². The number of ether oxygens (including phenoxy) is 3. The smallest absolute Gasteiger partial charge is 0.518 e. The molecule has 8 rings (SSSR count). The van der Waals surface area contributed by atoms with Gasteiger partial charge in [0.15, 0.2) is 0 Å². The van der Waals surface area contributed by atoms with Gasteiger partial charge in [-0.15, -0.1) is 47.3 Å². The second-order valence-electron chi connectivity index (χ2n) is 11.3. The predicted octanol–water partition coefficient (Wildman–Crippen LogP) is 6.31. The van der Waals surface area contributed by atoms with Gasteiger partial charge < -0.3 is 18.6 Å². The molecule has 6 aromatic rings. The SMILES string of the molecule is CC(C)(C)c1cc2c3c(c1)Oc1ccc(-c4nc5ccccc5o4)[c-]c1B3c1[c-]c(Oc3ccccn3)ccc1O2.[Pt+2]. The van der Waals surface area contributed by atoms with E-state index in [1.165, 1.54) is 0 Å². The predicted molar refractivity (Wildman–Crippen MR) is 158 cm³/mol. The summed E-state index contributed by atoms with van der Waals surface area (Å²) in [6, 6.07) is 32.3. The van der Waals surface area contributed by atoms with E-state index >= 15 is 0 Å². The molecule has 0 amide bonds. The number of rotatable bonds is 3. The van der Waals surface area contributed by atoms with Crippen LogP contribution in [0, 0.1) is 12.1 Å². The van der Waals surface area contributed by atoms with E-state index in [1.807, 2.05) is 66.7 Å². The van der Waals surface area contributed by atoms with Crippen LogP contribution in [0.2, 0.25) is 0 Å². The van der Waals surface area contributed by atoms with Crippen molar-refractivity contribution in [3.05, 3.63) is 103 Å². The van der Waals surface area contributed by atoms with Crippen LogP contribution in [0.15, 0.2) is 89.5 Å². The zero-order chi connectivity index (χ0) is 27.7. The number of benzene rings is 4. The van der Waals surface area contributed by atoms with Crippen molar-refractivity contribution < 1.29 is 39.7 Å². The normalized spacial score (nSPS) is 12.8. The van der Waals surface area contributed by atoms with Crippen LogP contribution < -0.4 is 30.6 Å². The van der Waals surface area contributed by atoms with Gasteiger partial charge in [-0.3, -0.25) is 4.98 Å². The van der Waals surface area contributed by atoms with Crippen molar-refractivity contribution in [2.24, 2.45) is 0 Å². The Morgan fingerprint density at radius 2 is 1.50 bits per heavy atom. The summed E-state index contributed by atoms with van der Waals surface area (Å²) in [6.45, 7) is 6.30. The maximum Gasteiger partial charge on any atom is 2.00 e. The molecule has 0 saturated carbocycles. The molecule has 0 aliphatic carbocycles. The van der Waals surface area contributed by atoms with Crippen LogP contribution in [0.1, 0.15) is 26.3 Å². The third-order valence-electron chi connectivity index (χ3n) is 7.50. The summed E-state index contributed by atoms with van der Waals surface area (Å²) in [6.07, 6.45) is 1.70. The maximum absolute atomic E-state index is 6.53. The number of aromatic nitrogens is 2. The number of fused-ring (bicyclic) bond motifs is 5. The van der Waals surface area contributed by atoms with Crippen LogP contribution in [0.4, 0.5) is 0 Å². The molecule has 0 unspecified atom stereocenters. The molecule has 0 spiro atoms. The fourth-order valence-electron chi connectivity index (χ4n) is 5.43. The van der Waals surface area contributed by atoms with Crippen molar-refractivity contribution in [2.75, 3.05) is 0 Å². The van der Waals surface area contributed by atoms with E-state index in [2.05, 4.69) is 50.0 Å². The minimum atomic E-state index is -0.252. The molecule has 8 heteroatoms. The van der Waals surface area contributed by atoms with E-state index in [-0.39, 0.29) is 33.2 Å². The summed E-state index contributed by atoms with van der Waals surface area (Å²) in [5, 5.41) is 0. The molecule has 2 aliphatic heterocycles. The molecule has 0 radical (unpaired) electrons. The summed E-state index contributed by atoms with van der Waals surface area (Å²) in [4.78, 5) is 9.01. The molecule has 2 aromatic heterocycles. The number of para-hydroxylation sites is 2. The van der Waals surface area contributed by atoms with Crippen molar-refractivity contribution in [3.63, 3.8) is 0 Å². The van der Waals surface area contributed by atoms with Gasteiger partial charge >= 0.3 is 21.1 Å². The molecule has 0 fully saturated rings. The first kappa shape index (κ1) is 26.5. The number of oxazole rings is 1. The molecule has 6 nitrogen and oxygen atoms in total. The summed E-state index contributed by atoms with van der Waals surface area (Å²) < 4.78 is 25.2. The van der Waals surface area contributed by atoms with E-state index in [0.717, 1.165) is 55.9 Å². The van der Waals surface area contributed by atoms with Gasteiger partial charge in [0, 0.05) is 35.0 Å². The van der Waals surface area contributed by atoms with E-state index in [4.69, 9.17) is 23.6 Å². The summed E-state index contributed by atoms with van der Waals surface area (Å²) in [7, 11) is 0. The van der Waals surface area contributed by atoms with Crippen molar-refractivity contribution in [2.45, 2.75) is 26.2 Å². The minimum absolute atomic E-state index is 0. The first-order valence-corrected chi connectivity index (χ1v) is 13.5. The Hall–Kier alpha value is -4.35. The largest absolute Gasteiger partial charge is 2.00 e. The Morgan fingerprint density at radius 3 is 2.21 bits per heavy atom. The molecule has 42 heavy (non-hydrogen) atoms. The van der Waals surface area contributed by atoms with Crippen LogP contribution in [0.25, 0.3) is 22.6 Å². The Morgan fingerprint density at radius 1 is 0.786 bits per heavy atom. The number of hydrogen-bond donors (Lipinski definition) is 0. The van der Waals surface area contributed by atoms with Gasteiger partial charge in [0.25, 0.3) is 0 Å². The topological polar surface area (TPSA) is 66.6 Å². The maximum atomic E-state index is 6.53. The average molecular weight is 729 g/mol. The molecule has 4 heterocycles. The molecule has 0 N–H and O–H groups in total. The minimum Gasteiger partial charge on any atom is -0.518 e. The van der Waals surface area contributed by atoms with Gasteiger partial charge in [0.1, 0.15) is 23.0 Å². The second kappa shape index (κ2) is 9.89. The van der Waals surface area contributed by atoms with Gasteiger partial charge in [0.2, 0.25) is 12.6 Å². The van der Waals surface area contributed by atoms with Gasteiger partial charge in [-0.05, 0) is 41.3 Å². The quantitative estimate of drug-likeness (QED) is 0.157. The molecular weight excluding hydrogens is 706 g/mol. The number of hydrogen-bond acceptors (Lipinski definition) is 6. The van der Waals surface area contributed by atoms with E-state index in [1.54, 1.807) is 6.20 Å². The Balaban J connectivity index is 0.00000288. The van der Waals surface area contributed by atoms with E-state index < -0.39 is 0 Å². The Bertz CT molecular complexity index is 1930. The molecule has 0 atom stereocenters. The van der Waals surface area contributed by atoms with Gasteiger partial charge in [-0.2, -0.15) is 0 Å². The first-order chi connectivity index (χ1) is 19.9. The fraction of sp³-hybridized carbons (Fsp3) is 0.118. The number of pyridine rings is 1. The van der Waals surface area contributed by atoms with Crippen LogP contribution >= 0.6 is 0 Å². The number of nitrogens with zero attached hydrogens (tertiary/aromatic N) is 2. The second-order valence-corrected chi connectivity index (χ2v) is 11.3. The molecule has 4 aromatic carbocycles. The summed E-state index contributed by atoms with van der Waals surface area (Å²) in [5.41, 5.74) is 5.95. The molecule has 0 bridgehead atoms. The van der Waals surface area contributed by atoms with Crippen molar-refractivity contribution in [3.8, 4) is 46.1 Å². The summed E-state index contributed by atoms with van der Waals surface area (Å²) in [5.74, 6) is 4.51. The van der Waals surface area contributed by atoms with Crippen molar-refractivity contribution in [1.29, 1.82) is 0 Å². The van der Waals surface area contributed by atoms with Crippen LogP contribution in [0.3, 0.4) is 0 Å². The molecule has 0 saturated heterocycles. The molecule has 206 valence electrons. The van der Waals surface area contributed by atoms with Crippen LogP contribution in [0.5, 0.6) is 34.6 Å². The van der Waals surface area contributed by atoms with Crippen LogP contribution in [-0.4, -0.2) is 16.7 Å². The Kier molecular flexibility index (Phi) is 6.25. The Labute approximate surface area is 258 Å². The van der Waals surface area contributed by atoms with Gasteiger partial charge in [0.05, 0.1) is 5.52 Å². The van der Waals surface area contributed by atoms with E-state index in [0.29, 0.717) is 23.3 Å². The van der Waals surface area contributed by atoms with Gasteiger partial charge in [-0.25, -0.2) is 4.98 Å². The molecular formula is C34H23BN2O4Pt. The van der Waals surface area contributed by atoms with Crippen molar-refractivity contribution >= 4 is 34.2 Å².